The van der Waals surface area contributed by atoms with E-state index in [0.29, 0.717) is 18.4 Å². The zero-order valence-corrected chi connectivity index (χ0v) is 13.5. The van der Waals surface area contributed by atoms with E-state index < -0.39 is 42.1 Å². The van der Waals surface area contributed by atoms with Crippen molar-refractivity contribution in [1.82, 2.24) is 4.68 Å². The largest absolute Gasteiger partial charge is 0.493 e. The third-order valence-corrected chi connectivity index (χ3v) is 5.88. The van der Waals surface area contributed by atoms with Gasteiger partial charge in [0.2, 0.25) is 17.7 Å². The van der Waals surface area contributed by atoms with E-state index in [1.165, 1.54) is 0 Å². The van der Waals surface area contributed by atoms with Crippen molar-refractivity contribution < 1.29 is 35.4 Å². The van der Waals surface area contributed by atoms with E-state index in [2.05, 4.69) is 0 Å². The normalized spacial score (nSPS) is 37.9. The first kappa shape index (κ1) is 16.6. The lowest BCUT2D eigenvalue weighted by Gasteiger charge is -2.31. The van der Waals surface area contributed by atoms with Crippen molar-refractivity contribution in [2.75, 3.05) is 11.6 Å². The lowest BCUT2D eigenvalue weighted by molar-refractivity contribution is -0.132. The monoisotopic (exact) mass is 354 g/mol. The topological polar surface area (TPSA) is 147 Å². The van der Waals surface area contributed by atoms with Crippen molar-refractivity contribution in [3.05, 3.63) is 11.1 Å². The molecule has 6 N–H and O–H groups in total. The van der Waals surface area contributed by atoms with Gasteiger partial charge in [0.1, 0.15) is 6.10 Å². The molecule has 1 aromatic heterocycles. The molecule has 1 amide bonds. The molecule has 1 aromatic rings. The van der Waals surface area contributed by atoms with Crippen LogP contribution >= 0.6 is 0 Å². The van der Waals surface area contributed by atoms with Crippen LogP contribution in [-0.4, -0.2) is 66.1 Å². The van der Waals surface area contributed by atoms with Crippen molar-refractivity contribution in [3.8, 4) is 11.8 Å². The van der Waals surface area contributed by atoms with Crippen LogP contribution in [0.25, 0.3) is 0 Å². The molecule has 6 unspecified atom stereocenters. The summed E-state index contributed by atoms with van der Waals surface area (Å²) in [6.45, 7) is 0.181. The molecule has 9 nitrogen and oxygen atoms in total. The average molecular weight is 354 g/mol. The predicted octanol–water partition coefficient (Wildman–Crippen LogP) is -1.53. The van der Waals surface area contributed by atoms with E-state index in [-0.39, 0.29) is 36.7 Å². The number of carbonyl (C=O) groups excluding carboxylic acids is 1. The molecule has 0 aromatic carbocycles. The number of nitrogens with zero attached hydrogens (tertiary/aromatic N) is 2. The van der Waals surface area contributed by atoms with Crippen LogP contribution in [0.1, 0.15) is 36.5 Å². The van der Waals surface area contributed by atoms with Gasteiger partial charge >= 0.3 is 0 Å². The van der Waals surface area contributed by atoms with Crippen molar-refractivity contribution in [3.63, 3.8) is 0 Å². The molecule has 0 spiro atoms. The first-order chi connectivity index (χ1) is 11.8. The summed E-state index contributed by atoms with van der Waals surface area (Å²) in [6, 6.07) is 0. The summed E-state index contributed by atoms with van der Waals surface area (Å²) in [5.41, 5.74) is 0.332. The van der Waals surface area contributed by atoms with Crippen LogP contribution in [0, 0.1) is 11.8 Å². The van der Waals surface area contributed by atoms with Crippen LogP contribution in [-0.2, 0) is 11.2 Å². The van der Waals surface area contributed by atoms with Crippen LogP contribution < -0.4 is 5.01 Å². The van der Waals surface area contributed by atoms with E-state index in [4.69, 9.17) is 0 Å². The quantitative estimate of drug-likeness (QED) is 0.358. The highest BCUT2D eigenvalue weighted by Crippen LogP contribution is 2.45. The van der Waals surface area contributed by atoms with Gasteiger partial charge < -0.3 is 30.6 Å². The minimum atomic E-state index is -1.34. The van der Waals surface area contributed by atoms with E-state index in [9.17, 15) is 35.4 Å². The molecule has 0 bridgehead atoms. The summed E-state index contributed by atoms with van der Waals surface area (Å²) < 4.78 is 0.950. The lowest BCUT2D eigenvalue weighted by Crippen LogP contribution is -2.45. The molecule has 138 valence electrons. The summed E-state index contributed by atoms with van der Waals surface area (Å²) in [4.78, 5) is 12.8. The molecule has 4 rings (SSSR count). The second-order valence-electron chi connectivity index (χ2n) is 7.24. The van der Waals surface area contributed by atoms with Gasteiger partial charge in [0.15, 0.2) is 0 Å². The molecule has 2 aliphatic carbocycles. The number of carbonyl (C=O) groups is 1. The van der Waals surface area contributed by atoms with Gasteiger partial charge in [-0.25, -0.2) is 5.01 Å². The maximum atomic E-state index is 12.8. The van der Waals surface area contributed by atoms with E-state index in [0.717, 1.165) is 9.69 Å². The highest BCUT2D eigenvalue weighted by Gasteiger charge is 2.51. The van der Waals surface area contributed by atoms with Gasteiger partial charge in [0.25, 0.3) is 0 Å². The minimum Gasteiger partial charge on any atom is -0.493 e. The summed E-state index contributed by atoms with van der Waals surface area (Å²) >= 11 is 0. The molecule has 0 radical (unpaired) electrons. The fraction of sp³-hybridized carbons (Fsp3) is 0.688. The molecule has 6 atom stereocenters. The Balaban J connectivity index is 1.74. The number of aromatic nitrogens is 1. The molecule has 25 heavy (non-hydrogen) atoms. The molecule has 9 heteroatoms. The first-order valence-corrected chi connectivity index (χ1v) is 8.52. The molecule has 2 fully saturated rings. The summed E-state index contributed by atoms with van der Waals surface area (Å²) in [5, 5.41) is 62.1. The van der Waals surface area contributed by atoms with Crippen LogP contribution in [0.2, 0.25) is 0 Å². The number of aliphatic hydroxyl groups is 4. The number of hydrogen-bond acceptors (Lipinski definition) is 7. The van der Waals surface area contributed by atoms with Crippen molar-refractivity contribution >= 4 is 5.91 Å². The standard InChI is InChI=1S/C16H22N2O7/c19-8-3-1-6-5-17(15(24)10(6)12(8)21)18-14(23)7-2-4-9(20)13(22)11(7)16(18)25/h6,8-10,12-13,19-23,25H,1-5H2. The molecule has 1 saturated carbocycles. The predicted molar refractivity (Wildman–Crippen MR) is 83.4 cm³/mol. The van der Waals surface area contributed by atoms with Crippen molar-refractivity contribution in [1.29, 1.82) is 0 Å². The van der Waals surface area contributed by atoms with Gasteiger partial charge in [-0.3, -0.25) is 4.79 Å². The van der Waals surface area contributed by atoms with Crippen LogP contribution in [0.3, 0.4) is 0 Å². The molecule has 1 saturated heterocycles. The van der Waals surface area contributed by atoms with Crippen molar-refractivity contribution in [2.24, 2.45) is 11.8 Å². The minimum absolute atomic E-state index is 0.0273. The van der Waals surface area contributed by atoms with Gasteiger partial charge in [-0.15, -0.1) is 0 Å². The van der Waals surface area contributed by atoms with E-state index in [1.807, 2.05) is 0 Å². The number of rotatable bonds is 1. The summed E-state index contributed by atoms with van der Waals surface area (Å²) in [5.74, 6) is -2.32. The number of aliphatic hydroxyl groups excluding tert-OH is 4. The fourth-order valence-electron chi connectivity index (χ4n) is 4.50. The number of aromatic hydroxyl groups is 2. The smallest absolute Gasteiger partial charge is 0.247 e. The van der Waals surface area contributed by atoms with E-state index >= 15 is 0 Å². The van der Waals surface area contributed by atoms with Gasteiger partial charge in [-0.1, -0.05) is 0 Å². The van der Waals surface area contributed by atoms with Crippen LogP contribution in [0.4, 0.5) is 0 Å². The highest BCUT2D eigenvalue weighted by molar-refractivity contribution is 5.92. The molecule has 1 aliphatic heterocycles. The number of amides is 1. The maximum Gasteiger partial charge on any atom is 0.247 e. The number of fused-ring (bicyclic) bond motifs is 2. The Morgan fingerprint density at radius 1 is 0.920 bits per heavy atom. The Hall–Kier alpha value is -1.81. The second kappa shape index (κ2) is 5.60. The van der Waals surface area contributed by atoms with Crippen LogP contribution in [0.5, 0.6) is 11.8 Å². The third kappa shape index (κ3) is 2.20. The van der Waals surface area contributed by atoms with Gasteiger partial charge in [0, 0.05) is 12.1 Å². The highest BCUT2D eigenvalue weighted by atomic mass is 16.3. The Kier molecular flexibility index (Phi) is 3.73. The molecular weight excluding hydrogens is 332 g/mol. The van der Waals surface area contributed by atoms with Crippen molar-refractivity contribution in [2.45, 2.75) is 50.1 Å². The lowest BCUT2D eigenvalue weighted by atomic mass is 9.78. The molecular formula is C16H22N2O7. The second-order valence-corrected chi connectivity index (χ2v) is 7.24. The Morgan fingerprint density at radius 3 is 2.36 bits per heavy atom. The third-order valence-electron chi connectivity index (χ3n) is 5.88. The Labute approximate surface area is 143 Å². The Morgan fingerprint density at radius 2 is 1.64 bits per heavy atom. The fourth-order valence-corrected chi connectivity index (χ4v) is 4.50. The van der Waals surface area contributed by atoms with Gasteiger partial charge in [0.05, 0.1) is 29.8 Å². The average Bonchev–Trinajstić information content (AvgIpc) is 3.02. The zero-order chi connectivity index (χ0) is 18.0. The summed E-state index contributed by atoms with van der Waals surface area (Å²) in [6.07, 6.45) is -3.12. The van der Waals surface area contributed by atoms with Gasteiger partial charge in [-0.2, -0.15) is 4.68 Å². The summed E-state index contributed by atoms with van der Waals surface area (Å²) in [7, 11) is 0. The SMILES string of the molecule is O=C1C2C(CCC(O)C2O)CN1n1c(O)c2c(c1O)C(O)C(O)CC2. The number of hydrogen-bond donors (Lipinski definition) is 6. The van der Waals surface area contributed by atoms with Gasteiger partial charge in [-0.05, 0) is 31.6 Å². The molecule has 2 heterocycles. The maximum absolute atomic E-state index is 12.8. The molecule has 3 aliphatic rings. The Bertz CT molecular complexity index is 718. The van der Waals surface area contributed by atoms with Crippen LogP contribution in [0.15, 0.2) is 0 Å². The van der Waals surface area contributed by atoms with E-state index in [1.54, 1.807) is 0 Å². The zero-order valence-electron chi connectivity index (χ0n) is 13.5. The first-order valence-electron chi connectivity index (χ1n) is 8.52.